The largest absolute Gasteiger partial charge is 0.402 e. The first-order chi connectivity index (χ1) is 14.3. The summed E-state index contributed by atoms with van der Waals surface area (Å²) in [6.45, 7) is 7.48. The number of nitrogen functional groups attached to an aromatic ring is 1. The first kappa shape index (κ1) is 21.9. The molecule has 0 saturated carbocycles. The highest BCUT2D eigenvalue weighted by Crippen LogP contribution is 2.28. The second-order valence-electron chi connectivity index (χ2n) is 7.21. The zero-order chi connectivity index (χ0) is 21.8. The maximum absolute atomic E-state index is 11.0. The molecule has 7 nitrogen and oxygen atoms in total. The Bertz CT molecular complexity index is 1040. The van der Waals surface area contributed by atoms with Crippen LogP contribution in [0.4, 0.5) is 5.88 Å². The molecule has 0 bridgehead atoms. The van der Waals surface area contributed by atoms with Crippen LogP contribution in [-0.4, -0.2) is 41.8 Å². The number of aromatic nitrogens is 1. The van der Waals surface area contributed by atoms with Crippen molar-refractivity contribution in [1.29, 1.82) is 0 Å². The minimum atomic E-state index is 0.281. The number of fused-ring (bicyclic) bond motifs is 1. The van der Waals surface area contributed by atoms with Gasteiger partial charge in [-0.3, -0.25) is 9.79 Å². The average molecular weight is 448 g/mol. The molecule has 0 spiro atoms. The number of amides is 1. The van der Waals surface area contributed by atoms with Gasteiger partial charge in [-0.2, -0.15) is 0 Å². The van der Waals surface area contributed by atoms with Gasteiger partial charge < -0.3 is 20.9 Å². The molecule has 30 heavy (non-hydrogen) atoms. The fraction of sp³-hybridized carbons (Fsp3) is 0.286. The van der Waals surface area contributed by atoms with Gasteiger partial charge >= 0.3 is 0 Å². The Morgan fingerprint density at radius 2 is 2.03 bits per heavy atom. The summed E-state index contributed by atoms with van der Waals surface area (Å²) in [4.78, 5) is 17.2. The minimum absolute atomic E-state index is 0.281. The predicted molar refractivity (Wildman–Crippen MR) is 120 cm³/mol. The van der Waals surface area contributed by atoms with Crippen molar-refractivity contribution >= 4 is 41.2 Å². The number of aliphatic imine (C=N–C) groups is 1. The van der Waals surface area contributed by atoms with Crippen molar-refractivity contribution in [2.75, 3.05) is 25.4 Å². The lowest BCUT2D eigenvalue weighted by molar-refractivity contribution is -0.117. The first-order valence-electron chi connectivity index (χ1n) is 9.34. The van der Waals surface area contributed by atoms with E-state index < -0.39 is 0 Å². The van der Waals surface area contributed by atoms with Crippen molar-refractivity contribution in [2.24, 2.45) is 10.7 Å². The molecule has 158 valence electrons. The number of anilines is 1. The normalized spacial score (nSPS) is 16.3. The number of halogens is 2. The van der Waals surface area contributed by atoms with Gasteiger partial charge in [0.1, 0.15) is 5.69 Å². The van der Waals surface area contributed by atoms with Crippen molar-refractivity contribution < 1.29 is 9.32 Å². The van der Waals surface area contributed by atoms with E-state index in [1.165, 1.54) is 0 Å². The quantitative estimate of drug-likeness (QED) is 0.540. The van der Waals surface area contributed by atoms with Crippen LogP contribution in [0, 0.1) is 6.92 Å². The Balaban J connectivity index is 0.000000239. The number of rotatable bonds is 2. The standard InChI is InChI=1S/C14H17N5O2.C7H6Cl2/c1-8-4-9-13(18-21-14(9)16)12(17-5-8)10-6-19(7-20)3-2-11(10)15;1-5-2-3-6(8)7(9)4-5/h7H,1-6,15-16H2;2-4H,1H3. The summed E-state index contributed by atoms with van der Waals surface area (Å²) in [6, 6.07) is 5.55. The number of carbonyl (C=O) groups is 1. The number of hydrogen-bond donors (Lipinski definition) is 2. The van der Waals surface area contributed by atoms with E-state index in [2.05, 4.69) is 16.7 Å². The highest BCUT2D eigenvalue weighted by Gasteiger charge is 2.28. The van der Waals surface area contributed by atoms with Gasteiger partial charge in [-0.1, -0.05) is 46.6 Å². The number of nitrogens with zero attached hydrogens (tertiary/aromatic N) is 3. The molecule has 0 fully saturated rings. The molecule has 0 radical (unpaired) electrons. The van der Waals surface area contributed by atoms with Crippen LogP contribution in [0.2, 0.25) is 10.0 Å². The van der Waals surface area contributed by atoms with Crippen LogP contribution in [-0.2, 0) is 11.2 Å². The third-order valence-electron chi connectivity index (χ3n) is 4.86. The minimum Gasteiger partial charge on any atom is -0.402 e. The van der Waals surface area contributed by atoms with Crippen LogP contribution in [0.5, 0.6) is 0 Å². The van der Waals surface area contributed by atoms with E-state index in [0.29, 0.717) is 53.9 Å². The van der Waals surface area contributed by atoms with E-state index in [-0.39, 0.29) is 5.88 Å². The summed E-state index contributed by atoms with van der Waals surface area (Å²) >= 11 is 11.3. The van der Waals surface area contributed by atoms with Crippen molar-refractivity contribution in [2.45, 2.75) is 19.8 Å². The lowest BCUT2D eigenvalue weighted by Gasteiger charge is -2.26. The summed E-state index contributed by atoms with van der Waals surface area (Å²) < 4.78 is 5.09. The maximum atomic E-state index is 11.0. The molecule has 0 aliphatic carbocycles. The van der Waals surface area contributed by atoms with Crippen LogP contribution in [0.15, 0.2) is 51.1 Å². The zero-order valence-corrected chi connectivity index (χ0v) is 18.1. The number of hydrogen-bond acceptors (Lipinski definition) is 6. The van der Waals surface area contributed by atoms with Gasteiger partial charge in [0.05, 0.1) is 27.9 Å². The number of nitrogens with two attached hydrogens (primary N) is 2. The molecule has 9 heteroatoms. The van der Waals surface area contributed by atoms with E-state index in [4.69, 9.17) is 39.2 Å². The molecule has 1 aromatic heterocycles. The second-order valence-corrected chi connectivity index (χ2v) is 8.03. The zero-order valence-electron chi connectivity index (χ0n) is 16.6. The van der Waals surface area contributed by atoms with E-state index in [1.54, 1.807) is 11.0 Å². The van der Waals surface area contributed by atoms with E-state index in [1.807, 2.05) is 19.1 Å². The molecule has 2 aliphatic rings. The summed E-state index contributed by atoms with van der Waals surface area (Å²) in [6.07, 6.45) is 2.03. The van der Waals surface area contributed by atoms with Gasteiger partial charge in [-0.15, -0.1) is 0 Å². The third-order valence-corrected chi connectivity index (χ3v) is 5.60. The van der Waals surface area contributed by atoms with Crippen molar-refractivity contribution in [3.05, 3.63) is 68.5 Å². The van der Waals surface area contributed by atoms with Crippen LogP contribution < -0.4 is 11.5 Å². The van der Waals surface area contributed by atoms with Gasteiger partial charge in [-0.25, -0.2) is 0 Å². The Morgan fingerprint density at radius 3 is 2.70 bits per heavy atom. The Hall–Kier alpha value is -2.77. The van der Waals surface area contributed by atoms with E-state index in [0.717, 1.165) is 34.4 Å². The van der Waals surface area contributed by atoms with Crippen LogP contribution >= 0.6 is 23.2 Å². The number of carbonyl (C=O) groups excluding carboxylic acids is 1. The fourth-order valence-corrected chi connectivity index (χ4v) is 3.56. The molecule has 1 amide bonds. The number of aryl methyl sites for hydroxylation is 1. The topological polar surface area (TPSA) is 111 Å². The molecule has 0 unspecified atom stereocenters. The van der Waals surface area contributed by atoms with Crippen molar-refractivity contribution in [1.82, 2.24) is 10.1 Å². The van der Waals surface area contributed by atoms with Gasteiger partial charge in [0.15, 0.2) is 0 Å². The average Bonchev–Trinajstić information content (AvgIpc) is 2.97. The molecule has 0 saturated heterocycles. The van der Waals surface area contributed by atoms with Gasteiger partial charge in [0, 0.05) is 37.2 Å². The monoisotopic (exact) mass is 447 g/mol. The molecular formula is C21H23Cl2N5O2. The lowest BCUT2D eigenvalue weighted by Crippen LogP contribution is -2.35. The first-order valence-corrected chi connectivity index (χ1v) is 10.1. The Morgan fingerprint density at radius 1 is 1.27 bits per heavy atom. The van der Waals surface area contributed by atoms with Crippen molar-refractivity contribution in [3.63, 3.8) is 0 Å². The summed E-state index contributed by atoms with van der Waals surface area (Å²) in [7, 11) is 0. The third kappa shape index (κ3) is 4.86. The Kier molecular flexibility index (Phi) is 6.84. The molecule has 4 N–H and O–H groups in total. The summed E-state index contributed by atoms with van der Waals surface area (Å²) in [5, 5.41) is 5.26. The van der Waals surface area contributed by atoms with Crippen molar-refractivity contribution in [3.8, 4) is 0 Å². The molecular weight excluding hydrogens is 425 g/mol. The molecule has 0 atom stereocenters. The van der Waals surface area contributed by atoms with Gasteiger partial charge in [-0.05, 0) is 24.6 Å². The highest BCUT2D eigenvalue weighted by molar-refractivity contribution is 6.42. The summed E-state index contributed by atoms with van der Waals surface area (Å²) in [5.74, 6) is 0.281. The van der Waals surface area contributed by atoms with Gasteiger partial charge in [0.25, 0.3) is 0 Å². The molecule has 2 aliphatic heterocycles. The predicted octanol–water partition coefficient (Wildman–Crippen LogP) is 3.53. The molecule has 4 rings (SSSR count). The van der Waals surface area contributed by atoms with Crippen LogP contribution in [0.1, 0.15) is 23.2 Å². The second kappa shape index (κ2) is 9.36. The van der Waals surface area contributed by atoms with Crippen LogP contribution in [0.3, 0.4) is 0 Å². The van der Waals surface area contributed by atoms with E-state index >= 15 is 0 Å². The Labute approximate surface area is 185 Å². The highest BCUT2D eigenvalue weighted by atomic mass is 35.5. The molecule has 1 aromatic carbocycles. The van der Waals surface area contributed by atoms with E-state index in [9.17, 15) is 4.79 Å². The van der Waals surface area contributed by atoms with Crippen LogP contribution in [0.25, 0.3) is 0 Å². The lowest BCUT2D eigenvalue weighted by atomic mass is 9.97. The smallest absolute Gasteiger partial charge is 0.226 e. The SMILES string of the molecule is C=C1CN=C(C2=C(N)CCN(C=O)C2)c2noc(N)c2C1.Cc1ccc(Cl)c(Cl)c1. The fourth-order valence-electron chi connectivity index (χ4n) is 3.21. The maximum Gasteiger partial charge on any atom is 0.226 e. The molecule has 2 aromatic rings. The summed E-state index contributed by atoms with van der Waals surface area (Å²) in [5.41, 5.74) is 17.6. The number of benzene rings is 1. The van der Waals surface area contributed by atoms with Gasteiger partial charge in [0.2, 0.25) is 12.3 Å². The molecule has 3 heterocycles.